The van der Waals surface area contributed by atoms with Gasteiger partial charge in [-0.3, -0.25) is 0 Å². The highest BCUT2D eigenvalue weighted by atomic mass is 79.9. The Morgan fingerprint density at radius 3 is 2.80 bits per heavy atom. The molecular weight excluding hydrogens is 382 g/mol. The van der Waals surface area contributed by atoms with Crippen LogP contribution in [0.5, 0.6) is 5.75 Å². The Morgan fingerprint density at radius 2 is 1.95 bits per heavy atom. The largest absolute Gasteiger partial charge is 0.493 e. The van der Waals surface area contributed by atoms with E-state index in [9.17, 15) is 0 Å². The second-order valence-electron chi connectivity index (χ2n) is 4.85. The smallest absolute Gasteiger partial charge is 0.125 e. The van der Waals surface area contributed by atoms with Gasteiger partial charge in [-0.2, -0.15) is 0 Å². The summed E-state index contributed by atoms with van der Waals surface area (Å²) >= 11 is 7.10. The first-order chi connectivity index (χ1) is 9.74. The molecule has 104 valence electrons. The fraction of sp³-hybridized carbons (Fsp3) is 0.250. The summed E-state index contributed by atoms with van der Waals surface area (Å²) < 4.78 is 7.99. The molecule has 1 aliphatic rings. The van der Waals surface area contributed by atoms with Crippen molar-refractivity contribution in [3.8, 4) is 5.75 Å². The van der Waals surface area contributed by atoms with E-state index in [1.165, 1.54) is 5.56 Å². The van der Waals surface area contributed by atoms with Crippen molar-refractivity contribution in [2.75, 3.05) is 11.9 Å². The van der Waals surface area contributed by atoms with Crippen LogP contribution in [-0.2, 0) is 0 Å². The normalized spacial score (nSPS) is 17.8. The van der Waals surface area contributed by atoms with Gasteiger partial charge in [0.1, 0.15) is 5.75 Å². The number of nitrogens with one attached hydrogen (secondary N) is 1. The Hall–Kier alpha value is -1.000. The Kier molecular flexibility index (Phi) is 4.32. The molecule has 0 saturated carbocycles. The van der Waals surface area contributed by atoms with Crippen molar-refractivity contribution in [2.45, 2.75) is 18.9 Å². The highest BCUT2D eigenvalue weighted by Crippen LogP contribution is 2.36. The van der Waals surface area contributed by atoms with E-state index in [0.29, 0.717) is 0 Å². The van der Waals surface area contributed by atoms with Crippen LogP contribution in [0.2, 0.25) is 0 Å². The zero-order valence-electron chi connectivity index (χ0n) is 10.9. The first-order valence-electron chi connectivity index (χ1n) is 6.67. The molecule has 0 amide bonds. The summed E-state index contributed by atoms with van der Waals surface area (Å²) in [6, 6.07) is 14.8. The van der Waals surface area contributed by atoms with Crippen LogP contribution in [0.15, 0.2) is 51.4 Å². The van der Waals surface area contributed by atoms with Crippen LogP contribution in [0, 0.1) is 0 Å². The third-order valence-corrected chi connectivity index (χ3v) is 4.63. The highest BCUT2D eigenvalue weighted by Gasteiger charge is 2.20. The average Bonchev–Trinajstić information content (AvgIpc) is 2.63. The molecule has 1 N–H and O–H groups in total. The van der Waals surface area contributed by atoms with E-state index in [2.05, 4.69) is 67.5 Å². The molecule has 0 aromatic heterocycles. The van der Waals surface area contributed by atoms with E-state index in [4.69, 9.17) is 4.74 Å². The molecule has 0 spiro atoms. The van der Waals surface area contributed by atoms with Crippen molar-refractivity contribution in [1.82, 2.24) is 0 Å². The summed E-state index contributed by atoms with van der Waals surface area (Å²) in [5.41, 5.74) is 2.34. The minimum Gasteiger partial charge on any atom is -0.493 e. The number of para-hydroxylation sites is 1. The standard InChI is InChI=1S/C16H15Br2NO/c17-11-7-8-12-14(6-3-9-20-16(12)10-11)19-15-5-2-1-4-13(15)18/h1-2,4-5,7-8,10,14,19H,3,6,9H2. The van der Waals surface area contributed by atoms with Gasteiger partial charge in [-0.25, -0.2) is 0 Å². The molecule has 0 saturated heterocycles. The lowest BCUT2D eigenvalue weighted by atomic mass is 10.0. The molecule has 1 aliphatic heterocycles. The van der Waals surface area contributed by atoms with Gasteiger partial charge in [0.2, 0.25) is 0 Å². The number of hydrogen-bond donors (Lipinski definition) is 1. The van der Waals surface area contributed by atoms with Gasteiger partial charge in [0.15, 0.2) is 0 Å². The molecule has 2 aromatic rings. The van der Waals surface area contributed by atoms with E-state index >= 15 is 0 Å². The summed E-state index contributed by atoms with van der Waals surface area (Å²) in [4.78, 5) is 0. The van der Waals surface area contributed by atoms with Crippen molar-refractivity contribution >= 4 is 37.5 Å². The number of benzene rings is 2. The van der Waals surface area contributed by atoms with Gasteiger partial charge in [-0.1, -0.05) is 34.1 Å². The summed E-state index contributed by atoms with van der Waals surface area (Å²) in [6.07, 6.45) is 2.12. The molecule has 3 rings (SSSR count). The second-order valence-corrected chi connectivity index (χ2v) is 6.62. The van der Waals surface area contributed by atoms with Crippen LogP contribution >= 0.6 is 31.9 Å². The zero-order valence-corrected chi connectivity index (χ0v) is 14.1. The minimum atomic E-state index is 0.277. The van der Waals surface area contributed by atoms with Crippen LogP contribution in [0.1, 0.15) is 24.4 Å². The maximum Gasteiger partial charge on any atom is 0.125 e. The van der Waals surface area contributed by atoms with Gasteiger partial charge in [0.05, 0.1) is 12.6 Å². The van der Waals surface area contributed by atoms with Gasteiger partial charge >= 0.3 is 0 Å². The van der Waals surface area contributed by atoms with Gasteiger partial charge in [0, 0.05) is 20.2 Å². The third-order valence-electron chi connectivity index (χ3n) is 3.45. The molecule has 0 aliphatic carbocycles. The lowest BCUT2D eigenvalue weighted by molar-refractivity contribution is 0.316. The van der Waals surface area contributed by atoms with Crippen LogP contribution in [-0.4, -0.2) is 6.61 Å². The molecule has 1 unspecified atom stereocenters. The van der Waals surface area contributed by atoms with Crippen LogP contribution in [0.3, 0.4) is 0 Å². The molecule has 0 fully saturated rings. The number of anilines is 1. The van der Waals surface area contributed by atoms with E-state index in [0.717, 1.165) is 39.8 Å². The van der Waals surface area contributed by atoms with Crippen LogP contribution in [0.4, 0.5) is 5.69 Å². The predicted molar refractivity (Wildman–Crippen MR) is 89.4 cm³/mol. The lowest BCUT2D eigenvalue weighted by Gasteiger charge is -2.20. The van der Waals surface area contributed by atoms with Crippen molar-refractivity contribution in [3.05, 3.63) is 57.0 Å². The Balaban J connectivity index is 1.92. The Morgan fingerprint density at radius 1 is 1.10 bits per heavy atom. The summed E-state index contributed by atoms with van der Waals surface area (Å²) in [6.45, 7) is 0.775. The van der Waals surface area contributed by atoms with Crippen LogP contribution in [0.25, 0.3) is 0 Å². The minimum absolute atomic E-state index is 0.277. The number of hydrogen-bond acceptors (Lipinski definition) is 2. The Labute approximate surface area is 135 Å². The topological polar surface area (TPSA) is 21.3 Å². The van der Waals surface area contributed by atoms with Gasteiger partial charge in [-0.05, 0) is 53.0 Å². The number of ether oxygens (including phenoxy) is 1. The van der Waals surface area contributed by atoms with Gasteiger partial charge in [0.25, 0.3) is 0 Å². The summed E-state index contributed by atoms with van der Waals surface area (Å²) in [7, 11) is 0. The first-order valence-corrected chi connectivity index (χ1v) is 8.26. The molecule has 2 nitrogen and oxygen atoms in total. The number of fused-ring (bicyclic) bond motifs is 1. The predicted octanol–water partition coefficient (Wildman–Crippen LogP) is 5.54. The van der Waals surface area contributed by atoms with Gasteiger partial charge in [-0.15, -0.1) is 0 Å². The monoisotopic (exact) mass is 395 g/mol. The Bertz CT molecular complexity index is 615. The maximum atomic E-state index is 5.85. The number of rotatable bonds is 2. The maximum absolute atomic E-state index is 5.85. The first kappa shape index (κ1) is 14.0. The molecule has 0 bridgehead atoms. The van der Waals surface area contributed by atoms with Crippen molar-refractivity contribution < 1.29 is 4.74 Å². The number of halogens is 2. The average molecular weight is 397 g/mol. The quantitative estimate of drug-likeness (QED) is 0.719. The molecule has 4 heteroatoms. The fourth-order valence-corrected chi connectivity index (χ4v) is 3.20. The highest BCUT2D eigenvalue weighted by molar-refractivity contribution is 9.10. The third kappa shape index (κ3) is 3.01. The van der Waals surface area contributed by atoms with E-state index in [-0.39, 0.29) is 6.04 Å². The molecule has 0 radical (unpaired) electrons. The molecule has 2 aromatic carbocycles. The summed E-state index contributed by atoms with van der Waals surface area (Å²) in [5, 5.41) is 3.62. The second kappa shape index (κ2) is 6.19. The van der Waals surface area contributed by atoms with Crippen molar-refractivity contribution in [3.63, 3.8) is 0 Å². The van der Waals surface area contributed by atoms with Crippen molar-refractivity contribution in [1.29, 1.82) is 0 Å². The van der Waals surface area contributed by atoms with E-state index in [1.807, 2.05) is 12.1 Å². The van der Waals surface area contributed by atoms with Crippen LogP contribution < -0.4 is 10.1 Å². The molecular formula is C16H15Br2NO. The SMILES string of the molecule is Brc1ccc2c(c1)OCCCC2Nc1ccccc1Br. The van der Waals surface area contributed by atoms with E-state index in [1.54, 1.807) is 0 Å². The van der Waals surface area contributed by atoms with Crippen molar-refractivity contribution in [2.24, 2.45) is 0 Å². The molecule has 20 heavy (non-hydrogen) atoms. The van der Waals surface area contributed by atoms with Gasteiger partial charge < -0.3 is 10.1 Å². The molecule has 1 atom stereocenters. The fourth-order valence-electron chi connectivity index (χ4n) is 2.46. The van der Waals surface area contributed by atoms with E-state index < -0.39 is 0 Å². The molecule has 1 heterocycles. The zero-order chi connectivity index (χ0) is 13.9. The lowest BCUT2D eigenvalue weighted by Crippen LogP contribution is -2.10. The summed E-state index contributed by atoms with van der Waals surface area (Å²) in [5.74, 6) is 0.974.